The van der Waals surface area contributed by atoms with Crippen LogP contribution in [0.4, 0.5) is 0 Å². The Morgan fingerprint density at radius 1 is 1.18 bits per heavy atom. The van der Waals surface area contributed by atoms with Crippen LogP contribution in [0.1, 0.15) is 34.0 Å². The van der Waals surface area contributed by atoms with E-state index >= 15 is 0 Å². The van der Waals surface area contributed by atoms with Crippen LogP contribution >= 0.6 is 11.6 Å². The number of rotatable bonds is 3. The molecular weight excluding hydrogens is 296 g/mol. The zero-order valence-electron chi connectivity index (χ0n) is 12.6. The number of carbonyl (C=O) groups excluding carboxylic acids is 1. The van der Waals surface area contributed by atoms with Crippen LogP contribution < -0.4 is 5.43 Å². The van der Waals surface area contributed by atoms with Gasteiger partial charge in [0.1, 0.15) is 0 Å². The molecule has 1 amide bonds. The van der Waals surface area contributed by atoms with E-state index in [2.05, 4.69) is 18.4 Å². The molecule has 0 fully saturated rings. The molecule has 2 aromatic carbocycles. The van der Waals surface area contributed by atoms with Crippen LogP contribution in [0, 0.1) is 0 Å². The summed E-state index contributed by atoms with van der Waals surface area (Å²) in [7, 11) is 0. The van der Waals surface area contributed by atoms with E-state index < -0.39 is 0 Å². The number of hydrogen-bond acceptors (Lipinski definition) is 2. The molecule has 0 aromatic heterocycles. The van der Waals surface area contributed by atoms with Gasteiger partial charge in [-0.3, -0.25) is 10.2 Å². The van der Waals surface area contributed by atoms with Crippen molar-refractivity contribution >= 4 is 17.5 Å². The van der Waals surface area contributed by atoms with E-state index in [0.29, 0.717) is 12.1 Å². The molecule has 1 aliphatic rings. The summed E-state index contributed by atoms with van der Waals surface area (Å²) in [6.45, 7) is 3.60. The topological polar surface area (TPSA) is 32.3 Å². The van der Waals surface area contributed by atoms with Crippen molar-refractivity contribution in [1.82, 2.24) is 10.4 Å². The SMILES string of the molecule is CCc1ccc(C(=O)NN2CCc3ccc(Cl)cc3C2)cc1. The average Bonchev–Trinajstić information content (AvgIpc) is 2.54. The highest BCUT2D eigenvalue weighted by Crippen LogP contribution is 2.21. The Kier molecular flexibility index (Phi) is 4.46. The van der Waals surface area contributed by atoms with Crippen molar-refractivity contribution in [1.29, 1.82) is 0 Å². The third kappa shape index (κ3) is 3.32. The van der Waals surface area contributed by atoms with Crippen molar-refractivity contribution in [3.8, 4) is 0 Å². The number of amides is 1. The lowest BCUT2D eigenvalue weighted by Gasteiger charge is -2.29. The zero-order valence-corrected chi connectivity index (χ0v) is 13.4. The Balaban J connectivity index is 1.67. The summed E-state index contributed by atoms with van der Waals surface area (Å²) in [4.78, 5) is 12.3. The van der Waals surface area contributed by atoms with Crippen molar-refractivity contribution in [2.45, 2.75) is 26.3 Å². The number of aryl methyl sites for hydroxylation is 1. The van der Waals surface area contributed by atoms with Gasteiger partial charge in [0.2, 0.25) is 0 Å². The van der Waals surface area contributed by atoms with Crippen LogP contribution in [0.25, 0.3) is 0 Å². The molecule has 0 radical (unpaired) electrons. The fourth-order valence-corrected chi connectivity index (χ4v) is 2.92. The lowest BCUT2D eigenvalue weighted by Crippen LogP contribution is -2.44. The number of carbonyl (C=O) groups is 1. The van der Waals surface area contributed by atoms with Crippen molar-refractivity contribution in [2.75, 3.05) is 6.54 Å². The summed E-state index contributed by atoms with van der Waals surface area (Å²) in [6, 6.07) is 13.7. The normalized spacial score (nSPS) is 14.5. The first-order valence-electron chi connectivity index (χ1n) is 7.58. The molecule has 1 N–H and O–H groups in total. The molecule has 0 aliphatic carbocycles. The van der Waals surface area contributed by atoms with E-state index in [9.17, 15) is 4.79 Å². The fraction of sp³-hybridized carbons (Fsp3) is 0.278. The minimum absolute atomic E-state index is 0.0619. The lowest BCUT2D eigenvalue weighted by molar-refractivity contribution is 0.0764. The predicted molar refractivity (Wildman–Crippen MR) is 88.9 cm³/mol. The van der Waals surface area contributed by atoms with Crippen LogP contribution in [0.2, 0.25) is 5.02 Å². The van der Waals surface area contributed by atoms with E-state index in [1.807, 2.05) is 41.4 Å². The smallest absolute Gasteiger partial charge is 0.265 e. The van der Waals surface area contributed by atoms with E-state index in [1.54, 1.807) is 0 Å². The second-order valence-electron chi connectivity index (χ2n) is 5.58. The van der Waals surface area contributed by atoms with E-state index in [1.165, 1.54) is 16.7 Å². The molecule has 1 heterocycles. The highest BCUT2D eigenvalue weighted by molar-refractivity contribution is 6.30. The molecule has 0 saturated heterocycles. The highest BCUT2D eigenvalue weighted by atomic mass is 35.5. The largest absolute Gasteiger partial charge is 0.284 e. The van der Waals surface area contributed by atoms with Gasteiger partial charge in [-0.1, -0.05) is 36.7 Å². The molecule has 3 rings (SSSR count). The maximum atomic E-state index is 12.3. The van der Waals surface area contributed by atoms with Gasteiger partial charge in [-0.15, -0.1) is 0 Å². The lowest BCUT2D eigenvalue weighted by atomic mass is 10.0. The molecule has 22 heavy (non-hydrogen) atoms. The number of hydrogen-bond donors (Lipinski definition) is 1. The Bertz CT molecular complexity index is 682. The number of halogens is 1. The van der Waals surface area contributed by atoms with Gasteiger partial charge < -0.3 is 0 Å². The Morgan fingerprint density at radius 3 is 2.68 bits per heavy atom. The van der Waals surface area contributed by atoms with Crippen LogP contribution in [0.3, 0.4) is 0 Å². The second-order valence-corrected chi connectivity index (χ2v) is 6.01. The maximum absolute atomic E-state index is 12.3. The van der Waals surface area contributed by atoms with E-state index in [4.69, 9.17) is 11.6 Å². The quantitative estimate of drug-likeness (QED) is 0.938. The summed E-state index contributed by atoms with van der Waals surface area (Å²) >= 11 is 6.05. The summed E-state index contributed by atoms with van der Waals surface area (Å²) in [5.41, 5.74) is 7.40. The standard InChI is InChI=1S/C18H19ClN2O/c1-2-13-3-5-15(6-4-13)18(22)20-21-10-9-14-7-8-17(19)11-16(14)12-21/h3-8,11H,2,9-10,12H2,1H3,(H,20,22). The van der Waals surface area contributed by atoms with Gasteiger partial charge in [0.25, 0.3) is 5.91 Å². The molecule has 1 aliphatic heterocycles. The van der Waals surface area contributed by atoms with Crippen LogP contribution in [0.15, 0.2) is 42.5 Å². The molecule has 0 unspecified atom stereocenters. The summed E-state index contributed by atoms with van der Waals surface area (Å²) in [6.07, 6.45) is 1.90. The number of nitrogens with zero attached hydrogens (tertiary/aromatic N) is 1. The summed E-state index contributed by atoms with van der Waals surface area (Å²) in [5.74, 6) is -0.0619. The average molecular weight is 315 g/mol. The third-order valence-corrected chi connectivity index (χ3v) is 4.30. The fourth-order valence-electron chi connectivity index (χ4n) is 2.72. The molecular formula is C18H19ClN2O. The van der Waals surface area contributed by atoms with Gasteiger partial charge in [-0.25, -0.2) is 5.01 Å². The van der Waals surface area contributed by atoms with Gasteiger partial charge in [0, 0.05) is 23.7 Å². The first-order chi connectivity index (χ1) is 10.7. The van der Waals surface area contributed by atoms with Crippen molar-refractivity contribution < 1.29 is 4.79 Å². The zero-order chi connectivity index (χ0) is 15.5. The molecule has 2 aromatic rings. The molecule has 114 valence electrons. The van der Waals surface area contributed by atoms with Gasteiger partial charge in [0.15, 0.2) is 0 Å². The van der Waals surface area contributed by atoms with Crippen LogP contribution in [-0.2, 0) is 19.4 Å². The van der Waals surface area contributed by atoms with E-state index in [0.717, 1.165) is 24.4 Å². The molecule has 0 bridgehead atoms. The van der Waals surface area contributed by atoms with Crippen molar-refractivity contribution in [3.63, 3.8) is 0 Å². The molecule has 3 nitrogen and oxygen atoms in total. The first-order valence-corrected chi connectivity index (χ1v) is 7.95. The maximum Gasteiger partial charge on any atom is 0.265 e. The third-order valence-electron chi connectivity index (χ3n) is 4.06. The van der Waals surface area contributed by atoms with E-state index in [-0.39, 0.29) is 5.91 Å². The predicted octanol–water partition coefficient (Wildman–Crippen LogP) is 3.61. The first kappa shape index (κ1) is 15.1. The van der Waals surface area contributed by atoms with Gasteiger partial charge in [0.05, 0.1) is 0 Å². The Labute approximate surface area is 135 Å². The van der Waals surface area contributed by atoms with Crippen LogP contribution in [-0.4, -0.2) is 17.5 Å². The molecule has 4 heteroatoms. The highest BCUT2D eigenvalue weighted by Gasteiger charge is 2.18. The van der Waals surface area contributed by atoms with Gasteiger partial charge in [-0.05, 0) is 53.8 Å². The van der Waals surface area contributed by atoms with Crippen molar-refractivity contribution in [2.24, 2.45) is 0 Å². The Morgan fingerprint density at radius 2 is 1.95 bits per heavy atom. The number of nitrogens with one attached hydrogen (secondary N) is 1. The number of benzene rings is 2. The Hall–Kier alpha value is -1.84. The minimum Gasteiger partial charge on any atom is -0.284 e. The monoisotopic (exact) mass is 314 g/mol. The van der Waals surface area contributed by atoms with Gasteiger partial charge >= 0.3 is 0 Å². The van der Waals surface area contributed by atoms with Crippen molar-refractivity contribution in [3.05, 3.63) is 69.7 Å². The minimum atomic E-state index is -0.0619. The second kappa shape index (κ2) is 6.51. The summed E-state index contributed by atoms with van der Waals surface area (Å²) < 4.78 is 0. The molecule has 0 atom stereocenters. The number of fused-ring (bicyclic) bond motifs is 1. The molecule has 0 spiro atoms. The number of hydrazine groups is 1. The summed E-state index contributed by atoms with van der Waals surface area (Å²) in [5, 5.41) is 2.69. The van der Waals surface area contributed by atoms with Gasteiger partial charge in [-0.2, -0.15) is 0 Å². The van der Waals surface area contributed by atoms with Crippen LogP contribution in [0.5, 0.6) is 0 Å². The molecule has 0 saturated carbocycles.